The fourth-order valence-electron chi connectivity index (χ4n) is 0.848. The van der Waals surface area contributed by atoms with Crippen molar-refractivity contribution in [1.82, 2.24) is 0 Å². The van der Waals surface area contributed by atoms with E-state index in [9.17, 15) is 9.59 Å². The largest absolute Gasteiger partial charge is 0.372 e. The normalized spacial score (nSPS) is 9.29. The average Bonchev–Trinajstić information content (AvgIpc) is 2.27. The molecule has 0 aliphatic heterocycles. The second kappa shape index (κ2) is 4.35. The maximum atomic E-state index is 10.7. The molecule has 0 atom stereocenters. The van der Waals surface area contributed by atoms with Crippen molar-refractivity contribution >= 4 is 11.9 Å². The van der Waals surface area contributed by atoms with E-state index >= 15 is 0 Å². The van der Waals surface area contributed by atoms with Crippen LogP contribution in [0.3, 0.4) is 0 Å². The van der Waals surface area contributed by atoms with Gasteiger partial charge in [0.2, 0.25) is 0 Å². The molecule has 0 heterocycles. The van der Waals surface area contributed by atoms with Crippen LogP contribution in [0.5, 0.6) is 0 Å². The Bertz CT molecular complexity index is 306. The lowest BCUT2D eigenvalue weighted by atomic mass is 10.1. The predicted octanol–water partition coefficient (Wildman–Crippen LogP) is 0.946. The number of hydrogen-bond acceptors (Lipinski definition) is 6. The number of benzene rings is 1. The van der Waals surface area contributed by atoms with Crippen LogP contribution in [-0.4, -0.2) is 22.5 Å². The van der Waals surface area contributed by atoms with Crippen LogP contribution in [0.1, 0.15) is 20.7 Å². The van der Waals surface area contributed by atoms with E-state index < -0.39 is 11.9 Å². The lowest BCUT2D eigenvalue weighted by Crippen LogP contribution is -2.04. The summed E-state index contributed by atoms with van der Waals surface area (Å²) in [5.41, 5.74) is 0.143. The summed E-state index contributed by atoms with van der Waals surface area (Å²) in [7, 11) is 0. The zero-order valence-corrected chi connectivity index (χ0v) is 6.84. The second-order valence-electron chi connectivity index (χ2n) is 2.33. The first-order valence-electron chi connectivity index (χ1n) is 3.50. The molecule has 6 nitrogen and oxygen atoms in total. The maximum absolute atomic E-state index is 10.7. The van der Waals surface area contributed by atoms with Gasteiger partial charge in [-0.25, -0.2) is 9.59 Å². The van der Waals surface area contributed by atoms with Gasteiger partial charge < -0.3 is 0 Å². The third-order valence-electron chi connectivity index (χ3n) is 1.52. The molecule has 2 N–H and O–H groups in total. The van der Waals surface area contributed by atoms with Crippen molar-refractivity contribution in [2.45, 2.75) is 0 Å². The molecule has 0 aliphatic rings. The molecule has 0 aromatic heterocycles. The summed E-state index contributed by atoms with van der Waals surface area (Å²) < 4.78 is 0. The summed E-state index contributed by atoms with van der Waals surface area (Å²) in [6.07, 6.45) is 0. The van der Waals surface area contributed by atoms with Gasteiger partial charge in [-0.3, -0.25) is 9.78 Å². The van der Waals surface area contributed by atoms with Crippen LogP contribution in [0.4, 0.5) is 0 Å². The number of carbonyl (C=O) groups excluding carboxylic acids is 2. The van der Waals surface area contributed by atoms with E-state index in [2.05, 4.69) is 9.78 Å². The van der Waals surface area contributed by atoms with Crippen LogP contribution in [0.25, 0.3) is 0 Å². The Kier molecular flexibility index (Phi) is 3.16. The van der Waals surface area contributed by atoms with Crippen LogP contribution in [0, 0.1) is 0 Å². The summed E-state index contributed by atoms with van der Waals surface area (Å²) in [5, 5.41) is 16.1. The molecule has 0 unspecified atom stereocenters. The smallest absolute Gasteiger partial charge is 0.296 e. The van der Waals surface area contributed by atoms with Crippen LogP contribution in [0.2, 0.25) is 0 Å². The average molecular weight is 198 g/mol. The molecule has 0 bridgehead atoms. The zero-order chi connectivity index (χ0) is 10.6. The molecule has 14 heavy (non-hydrogen) atoms. The topological polar surface area (TPSA) is 93.1 Å². The van der Waals surface area contributed by atoms with Crippen molar-refractivity contribution < 1.29 is 29.9 Å². The number of carbonyl (C=O) groups is 2. The molecule has 0 saturated carbocycles. The van der Waals surface area contributed by atoms with Gasteiger partial charge in [-0.1, -0.05) is 0 Å². The summed E-state index contributed by atoms with van der Waals surface area (Å²) in [6.45, 7) is 0. The summed E-state index contributed by atoms with van der Waals surface area (Å²) in [6, 6.07) is 4.96. The Morgan fingerprint density at radius 2 is 1.14 bits per heavy atom. The molecule has 0 radical (unpaired) electrons. The first-order valence-corrected chi connectivity index (χ1v) is 3.50. The molecule has 0 spiro atoms. The minimum Gasteiger partial charge on any atom is -0.296 e. The van der Waals surface area contributed by atoms with Crippen LogP contribution >= 0.6 is 0 Å². The van der Waals surface area contributed by atoms with E-state index in [0.29, 0.717) is 0 Å². The Balaban J connectivity index is 2.89. The second-order valence-corrected chi connectivity index (χ2v) is 2.33. The van der Waals surface area contributed by atoms with E-state index in [-0.39, 0.29) is 11.1 Å². The standard InChI is InChI=1S/C8H6O6/c9-7(13-11)5-1-2-6(4-3-5)8(10)14-12/h1-4,11-12H. The number of rotatable bonds is 2. The van der Waals surface area contributed by atoms with E-state index in [1.165, 1.54) is 24.3 Å². The van der Waals surface area contributed by atoms with Crippen LogP contribution in [-0.2, 0) is 9.78 Å². The van der Waals surface area contributed by atoms with Gasteiger partial charge in [0, 0.05) is 0 Å². The molecular weight excluding hydrogens is 192 g/mol. The quantitative estimate of drug-likeness (QED) is 0.542. The molecule has 74 valence electrons. The molecular formula is C8H6O6. The monoisotopic (exact) mass is 198 g/mol. The predicted molar refractivity (Wildman–Crippen MR) is 42.5 cm³/mol. The molecule has 1 aromatic rings. The maximum Gasteiger partial charge on any atom is 0.372 e. The summed E-state index contributed by atoms with van der Waals surface area (Å²) in [5.74, 6) is -1.87. The molecule has 0 fully saturated rings. The number of hydrogen-bond donors (Lipinski definition) is 2. The lowest BCUT2D eigenvalue weighted by Gasteiger charge is -1.98. The minimum absolute atomic E-state index is 0.0713. The van der Waals surface area contributed by atoms with Crippen LogP contribution < -0.4 is 0 Å². The summed E-state index contributed by atoms with van der Waals surface area (Å²) >= 11 is 0. The zero-order valence-electron chi connectivity index (χ0n) is 6.84. The van der Waals surface area contributed by atoms with Gasteiger partial charge in [-0.15, -0.1) is 0 Å². The van der Waals surface area contributed by atoms with Crippen molar-refractivity contribution in [2.75, 3.05) is 0 Å². The van der Waals surface area contributed by atoms with Gasteiger partial charge in [0.25, 0.3) is 0 Å². The molecule has 1 rings (SSSR count). The third kappa shape index (κ3) is 2.06. The van der Waals surface area contributed by atoms with Crippen molar-refractivity contribution in [3.63, 3.8) is 0 Å². The Labute approximate surface area is 78.2 Å². The molecule has 0 saturated heterocycles. The van der Waals surface area contributed by atoms with Crippen molar-refractivity contribution in [3.8, 4) is 0 Å². The fraction of sp³-hybridized carbons (Fsp3) is 0. The van der Waals surface area contributed by atoms with Gasteiger partial charge >= 0.3 is 11.9 Å². The summed E-state index contributed by atoms with van der Waals surface area (Å²) in [4.78, 5) is 28.4. The third-order valence-corrected chi connectivity index (χ3v) is 1.52. The molecule has 1 aromatic carbocycles. The fourth-order valence-corrected chi connectivity index (χ4v) is 0.848. The first-order chi connectivity index (χ1) is 6.69. The van der Waals surface area contributed by atoms with Gasteiger partial charge in [-0.05, 0) is 24.3 Å². The highest BCUT2D eigenvalue weighted by atomic mass is 17.1. The molecule has 0 amide bonds. The van der Waals surface area contributed by atoms with Gasteiger partial charge in [0.15, 0.2) is 0 Å². The van der Waals surface area contributed by atoms with E-state index in [1.54, 1.807) is 0 Å². The van der Waals surface area contributed by atoms with Crippen molar-refractivity contribution in [1.29, 1.82) is 0 Å². The highest BCUT2D eigenvalue weighted by Gasteiger charge is 2.10. The highest BCUT2D eigenvalue weighted by Crippen LogP contribution is 2.06. The van der Waals surface area contributed by atoms with Crippen molar-refractivity contribution in [2.24, 2.45) is 0 Å². The molecule has 6 heteroatoms. The minimum atomic E-state index is -0.936. The van der Waals surface area contributed by atoms with Crippen LogP contribution in [0.15, 0.2) is 24.3 Å². The first kappa shape index (κ1) is 10.2. The highest BCUT2D eigenvalue weighted by molar-refractivity contribution is 5.92. The Morgan fingerprint density at radius 1 is 0.857 bits per heavy atom. The van der Waals surface area contributed by atoms with E-state index in [4.69, 9.17) is 10.5 Å². The SMILES string of the molecule is O=C(OO)c1ccc(C(=O)OO)cc1. The van der Waals surface area contributed by atoms with Gasteiger partial charge in [0.1, 0.15) is 0 Å². The Morgan fingerprint density at radius 3 is 1.36 bits per heavy atom. The molecule has 0 aliphatic carbocycles. The Hall–Kier alpha value is -1.92. The van der Waals surface area contributed by atoms with Gasteiger partial charge in [0.05, 0.1) is 11.1 Å². The lowest BCUT2D eigenvalue weighted by molar-refractivity contribution is -0.183. The van der Waals surface area contributed by atoms with E-state index in [0.717, 1.165) is 0 Å². The van der Waals surface area contributed by atoms with E-state index in [1.807, 2.05) is 0 Å². The van der Waals surface area contributed by atoms with Gasteiger partial charge in [-0.2, -0.15) is 10.5 Å². The van der Waals surface area contributed by atoms with Crippen molar-refractivity contribution in [3.05, 3.63) is 35.4 Å².